The van der Waals surface area contributed by atoms with Crippen molar-refractivity contribution in [2.75, 3.05) is 13.2 Å². The Labute approximate surface area is 162 Å². The van der Waals surface area contributed by atoms with Crippen LogP contribution in [-0.4, -0.2) is 30.1 Å². The molecule has 0 radical (unpaired) electrons. The molecule has 1 heterocycles. The van der Waals surface area contributed by atoms with E-state index in [-0.39, 0.29) is 30.0 Å². The highest BCUT2D eigenvalue weighted by molar-refractivity contribution is 6.00. The second kappa shape index (κ2) is 8.86. The van der Waals surface area contributed by atoms with Gasteiger partial charge in [0.15, 0.2) is 6.61 Å². The molecule has 0 aliphatic carbocycles. The number of hydrogen-bond donors (Lipinski definition) is 1. The maximum absolute atomic E-state index is 12.7. The Morgan fingerprint density at radius 2 is 1.82 bits per heavy atom. The van der Waals surface area contributed by atoms with Crippen molar-refractivity contribution in [3.05, 3.63) is 62.5 Å². The molecule has 0 aromatic heterocycles. The van der Waals surface area contributed by atoms with E-state index in [2.05, 4.69) is 11.2 Å². The van der Waals surface area contributed by atoms with Crippen molar-refractivity contribution in [1.82, 2.24) is 5.32 Å². The number of carbonyl (C=O) groups excluding carboxylic acids is 2. The zero-order valence-electron chi connectivity index (χ0n) is 15.8. The molecule has 0 bridgehead atoms. The van der Waals surface area contributed by atoms with Crippen LogP contribution in [0, 0.1) is 22.5 Å². The number of ether oxygens (including phenoxy) is 2. The van der Waals surface area contributed by atoms with Gasteiger partial charge in [-0.1, -0.05) is 18.1 Å². The minimum atomic E-state index is -0.898. The van der Waals surface area contributed by atoms with Gasteiger partial charge in [-0.15, -0.1) is 6.42 Å². The minimum Gasteiger partial charge on any atom is -0.463 e. The van der Waals surface area contributed by atoms with E-state index in [9.17, 15) is 19.7 Å². The van der Waals surface area contributed by atoms with Gasteiger partial charge in [0.1, 0.15) is 0 Å². The molecule has 0 saturated carbocycles. The molecule has 8 heteroatoms. The smallest absolute Gasteiger partial charge is 0.337 e. The number of dihydropyridines is 1. The van der Waals surface area contributed by atoms with Gasteiger partial charge < -0.3 is 14.8 Å². The summed E-state index contributed by atoms with van der Waals surface area (Å²) in [6, 6.07) is 5.76. The highest BCUT2D eigenvalue weighted by Crippen LogP contribution is 2.40. The largest absolute Gasteiger partial charge is 0.463 e. The summed E-state index contributed by atoms with van der Waals surface area (Å²) in [5, 5.41) is 14.2. The van der Waals surface area contributed by atoms with Crippen LogP contribution in [0.1, 0.15) is 32.3 Å². The van der Waals surface area contributed by atoms with Gasteiger partial charge in [0.05, 0.1) is 28.6 Å². The molecule has 0 amide bonds. The SMILES string of the molecule is C#CCOC(=O)C1=C(C)NC(C)=C(C(=O)OCC)C1c1cccc([N+](=O)[O-])c1. The van der Waals surface area contributed by atoms with E-state index in [1.807, 2.05) is 0 Å². The Kier molecular flexibility index (Phi) is 6.55. The first-order valence-electron chi connectivity index (χ1n) is 8.52. The summed E-state index contributed by atoms with van der Waals surface area (Å²) in [4.78, 5) is 36.0. The Hall–Kier alpha value is -3.60. The molecule has 1 N–H and O–H groups in total. The lowest BCUT2D eigenvalue weighted by molar-refractivity contribution is -0.384. The summed E-state index contributed by atoms with van der Waals surface area (Å²) >= 11 is 0. The Bertz CT molecular complexity index is 923. The molecule has 8 nitrogen and oxygen atoms in total. The van der Waals surface area contributed by atoms with Crippen LogP contribution in [0.4, 0.5) is 5.69 Å². The van der Waals surface area contributed by atoms with E-state index in [0.29, 0.717) is 17.0 Å². The zero-order chi connectivity index (χ0) is 20.8. The predicted molar refractivity (Wildman–Crippen MR) is 101 cm³/mol. The van der Waals surface area contributed by atoms with Gasteiger partial charge >= 0.3 is 11.9 Å². The maximum Gasteiger partial charge on any atom is 0.337 e. The number of rotatable bonds is 6. The van der Waals surface area contributed by atoms with Gasteiger partial charge in [0.25, 0.3) is 5.69 Å². The van der Waals surface area contributed by atoms with Crippen molar-refractivity contribution >= 4 is 17.6 Å². The van der Waals surface area contributed by atoms with Crippen molar-refractivity contribution < 1.29 is 24.0 Å². The number of nitro benzene ring substituents is 1. The van der Waals surface area contributed by atoms with Crippen LogP contribution in [0.5, 0.6) is 0 Å². The fraction of sp³-hybridized carbons (Fsp3) is 0.300. The third kappa shape index (κ3) is 4.20. The van der Waals surface area contributed by atoms with Crippen LogP contribution >= 0.6 is 0 Å². The average molecular weight is 384 g/mol. The zero-order valence-corrected chi connectivity index (χ0v) is 15.8. The Morgan fingerprint density at radius 1 is 1.21 bits per heavy atom. The van der Waals surface area contributed by atoms with Gasteiger partial charge in [-0.25, -0.2) is 9.59 Å². The molecule has 0 fully saturated rings. The molecule has 28 heavy (non-hydrogen) atoms. The van der Waals surface area contributed by atoms with Crippen molar-refractivity contribution in [3.63, 3.8) is 0 Å². The maximum atomic E-state index is 12.7. The number of esters is 2. The fourth-order valence-electron chi connectivity index (χ4n) is 3.08. The monoisotopic (exact) mass is 384 g/mol. The first-order chi connectivity index (χ1) is 13.3. The second-order valence-corrected chi connectivity index (χ2v) is 5.99. The number of non-ortho nitro benzene ring substituents is 1. The third-order valence-corrected chi connectivity index (χ3v) is 4.18. The summed E-state index contributed by atoms with van der Waals surface area (Å²) in [6.45, 7) is 4.88. The second-order valence-electron chi connectivity index (χ2n) is 5.99. The molecule has 0 saturated heterocycles. The Morgan fingerprint density at radius 3 is 2.36 bits per heavy atom. The van der Waals surface area contributed by atoms with Gasteiger partial charge in [-0.2, -0.15) is 0 Å². The number of terminal acetylenes is 1. The molecule has 0 spiro atoms. The minimum absolute atomic E-state index is 0.136. The number of carbonyl (C=O) groups is 2. The summed E-state index contributed by atoms with van der Waals surface area (Å²) < 4.78 is 10.2. The topological polar surface area (TPSA) is 108 Å². The number of allylic oxidation sites excluding steroid dienone is 2. The highest BCUT2D eigenvalue weighted by atomic mass is 16.6. The van der Waals surface area contributed by atoms with E-state index in [4.69, 9.17) is 15.9 Å². The lowest BCUT2D eigenvalue weighted by atomic mass is 9.80. The van der Waals surface area contributed by atoms with E-state index >= 15 is 0 Å². The van der Waals surface area contributed by atoms with E-state index in [0.717, 1.165) is 0 Å². The standard InChI is InChI=1S/C20H20N2O6/c1-5-10-28-20(24)17-13(4)21-12(3)16(19(23)27-6-2)18(17)14-8-7-9-15(11-14)22(25)26/h1,7-9,11,18,21H,6,10H2,2-4H3. The van der Waals surface area contributed by atoms with Gasteiger partial charge in [-0.05, 0) is 26.3 Å². The molecule has 1 aliphatic heterocycles. The van der Waals surface area contributed by atoms with Crippen LogP contribution < -0.4 is 5.32 Å². The molecule has 1 unspecified atom stereocenters. The summed E-state index contributed by atoms with van der Waals surface area (Å²) in [5.74, 6) is -0.0227. The van der Waals surface area contributed by atoms with Crippen LogP contribution in [0.2, 0.25) is 0 Å². The van der Waals surface area contributed by atoms with Gasteiger partial charge in [0, 0.05) is 23.5 Å². The number of hydrogen-bond acceptors (Lipinski definition) is 7. The fourth-order valence-corrected chi connectivity index (χ4v) is 3.08. The quantitative estimate of drug-likeness (QED) is 0.347. The lowest BCUT2D eigenvalue weighted by Gasteiger charge is -2.30. The van der Waals surface area contributed by atoms with Gasteiger partial charge in [0.2, 0.25) is 0 Å². The third-order valence-electron chi connectivity index (χ3n) is 4.18. The molecule has 1 aromatic carbocycles. The first kappa shape index (κ1) is 20.7. The van der Waals surface area contributed by atoms with Gasteiger partial charge in [-0.3, -0.25) is 10.1 Å². The molecular weight excluding hydrogens is 364 g/mol. The number of benzene rings is 1. The predicted octanol–water partition coefficient (Wildman–Crippen LogP) is 2.57. The highest BCUT2D eigenvalue weighted by Gasteiger charge is 2.38. The number of nitrogens with one attached hydrogen (secondary N) is 1. The number of nitrogens with zero attached hydrogens (tertiary/aromatic N) is 1. The number of nitro groups is 1. The summed E-state index contributed by atoms with van der Waals surface area (Å²) in [5.41, 5.74) is 1.51. The lowest BCUT2D eigenvalue weighted by Crippen LogP contribution is -2.32. The Balaban J connectivity index is 2.67. The van der Waals surface area contributed by atoms with Crippen molar-refractivity contribution in [2.24, 2.45) is 0 Å². The molecular formula is C20H20N2O6. The molecule has 1 aliphatic rings. The normalized spacial score (nSPS) is 16.1. The average Bonchev–Trinajstić information content (AvgIpc) is 2.65. The van der Waals surface area contributed by atoms with E-state index in [1.54, 1.807) is 26.8 Å². The van der Waals surface area contributed by atoms with Crippen LogP contribution in [0.3, 0.4) is 0 Å². The van der Waals surface area contributed by atoms with E-state index in [1.165, 1.54) is 18.2 Å². The molecule has 1 atom stereocenters. The van der Waals surface area contributed by atoms with Crippen molar-refractivity contribution in [3.8, 4) is 12.3 Å². The summed E-state index contributed by atoms with van der Waals surface area (Å²) in [7, 11) is 0. The summed E-state index contributed by atoms with van der Waals surface area (Å²) in [6.07, 6.45) is 5.16. The van der Waals surface area contributed by atoms with Crippen LogP contribution in [-0.2, 0) is 19.1 Å². The molecule has 2 rings (SSSR count). The molecule has 1 aromatic rings. The first-order valence-corrected chi connectivity index (χ1v) is 8.52. The van der Waals surface area contributed by atoms with Crippen LogP contribution in [0.25, 0.3) is 0 Å². The van der Waals surface area contributed by atoms with Crippen LogP contribution in [0.15, 0.2) is 46.8 Å². The van der Waals surface area contributed by atoms with E-state index < -0.39 is 22.8 Å². The van der Waals surface area contributed by atoms with Crippen molar-refractivity contribution in [1.29, 1.82) is 0 Å². The molecule has 146 valence electrons. The van der Waals surface area contributed by atoms with Crippen molar-refractivity contribution in [2.45, 2.75) is 26.7 Å².